The lowest BCUT2D eigenvalue weighted by molar-refractivity contribution is -0.139. The lowest BCUT2D eigenvalue weighted by Crippen LogP contribution is -2.59. The molecule has 1 aliphatic heterocycles. The molecule has 2 aliphatic rings. The summed E-state index contributed by atoms with van der Waals surface area (Å²) in [4.78, 5) is 42.0. The van der Waals surface area contributed by atoms with Gasteiger partial charge in [0.15, 0.2) is 5.92 Å². The Hall–Kier alpha value is -2.50. The van der Waals surface area contributed by atoms with Crippen LogP contribution in [0, 0.1) is 5.92 Å². The average Bonchev–Trinajstić information content (AvgIpc) is 3.28. The second-order valence-corrected chi connectivity index (χ2v) is 5.64. The van der Waals surface area contributed by atoms with Gasteiger partial charge in [-0.25, -0.2) is 4.79 Å². The van der Waals surface area contributed by atoms with Gasteiger partial charge in [-0.05, 0) is 25.3 Å². The van der Waals surface area contributed by atoms with Gasteiger partial charge in [-0.2, -0.15) is 0 Å². The number of amides is 4. The van der Waals surface area contributed by atoms with Crippen LogP contribution in [0.15, 0.2) is 35.3 Å². The molecule has 3 rings (SSSR count). The van der Waals surface area contributed by atoms with Crippen LogP contribution in [-0.2, 0) is 16.1 Å². The van der Waals surface area contributed by atoms with Crippen molar-refractivity contribution in [3.05, 3.63) is 35.9 Å². The minimum absolute atomic E-state index is 0.145. The van der Waals surface area contributed by atoms with Gasteiger partial charge in [-0.3, -0.25) is 24.8 Å². The van der Waals surface area contributed by atoms with Gasteiger partial charge in [-0.1, -0.05) is 30.3 Å². The lowest BCUT2D eigenvalue weighted by Gasteiger charge is -2.30. The summed E-state index contributed by atoms with van der Waals surface area (Å²) in [6.07, 6.45) is 1.99. The maximum absolute atomic E-state index is 12.6. The van der Waals surface area contributed by atoms with Gasteiger partial charge < -0.3 is 0 Å². The maximum Gasteiger partial charge on any atom is 0.331 e. The third-order valence-corrected chi connectivity index (χ3v) is 3.78. The first-order valence-electron chi connectivity index (χ1n) is 7.30. The summed E-state index contributed by atoms with van der Waals surface area (Å²) >= 11 is 0. The maximum atomic E-state index is 12.6. The molecule has 114 valence electrons. The predicted octanol–water partition coefficient (Wildman–Crippen LogP) is 1.50. The van der Waals surface area contributed by atoms with Gasteiger partial charge in [0.2, 0.25) is 11.8 Å². The minimum Gasteiger partial charge on any atom is -0.290 e. The quantitative estimate of drug-likeness (QED) is 0.676. The Morgan fingerprint density at radius 3 is 2.55 bits per heavy atom. The largest absolute Gasteiger partial charge is 0.331 e. The van der Waals surface area contributed by atoms with E-state index in [0.717, 1.165) is 23.3 Å². The molecular formula is C16H17N3O3. The zero-order valence-electron chi connectivity index (χ0n) is 12.3. The number of hydrogen-bond donors (Lipinski definition) is 1. The molecule has 2 fully saturated rings. The summed E-state index contributed by atoms with van der Waals surface area (Å²) in [5, 5.41) is 2.25. The van der Waals surface area contributed by atoms with Crippen LogP contribution >= 0.6 is 0 Å². The highest BCUT2D eigenvalue weighted by Gasteiger charge is 2.42. The molecule has 1 aromatic rings. The van der Waals surface area contributed by atoms with Crippen LogP contribution in [0.2, 0.25) is 0 Å². The molecule has 1 saturated heterocycles. The summed E-state index contributed by atoms with van der Waals surface area (Å²) in [5.41, 5.74) is 1.31. The smallest absolute Gasteiger partial charge is 0.290 e. The van der Waals surface area contributed by atoms with Crippen LogP contribution in [0.3, 0.4) is 0 Å². The summed E-state index contributed by atoms with van der Waals surface area (Å²) in [6, 6.07) is 8.75. The normalized spacial score (nSPS) is 22.8. The molecule has 0 spiro atoms. The number of rotatable bonds is 4. The number of imide groups is 2. The number of urea groups is 1. The minimum atomic E-state index is -0.998. The first-order chi connectivity index (χ1) is 10.6. The first-order valence-corrected chi connectivity index (χ1v) is 7.30. The van der Waals surface area contributed by atoms with E-state index in [2.05, 4.69) is 10.3 Å². The first kappa shape index (κ1) is 14.4. The zero-order valence-corrected chi connectivity index (χ0v) is 12.3. The third kappa shape index (κ3) is 2.90. The van der Waals surface area contributed by atoms with Crippen molar-refractivity contribution in [1.29, 1.82) is 0 Å². The molecule has 0 aromatic heterocycles. The summed E-state index contributed by atoms with van der Waals surface area (Å²) in [6.45, 7) is 1.82. The second kappa shape index (κ2) is 5.71. The van der Waals surface area contributed by atoms with E-state index in [-0.39, 0.29) is 12.6 Å². The number of nitrogens with zero attached hydrogens (tertiary/aromatic N) is 2. The van der Waals surface area contributed by atoms with E-state index in [0.29, 0.717) is 5.71 Å². The molecule has 4 amide bonds. The van der Waals surface area contributed by atoms with Crippen LogP contribution in [0.25, 0.3) is 0 Å². The van der Waals surface area contributed by atoms with Crippen molar-refractivity contribution in [2.24, 2.45) is 10.9 Å². The summed E-state index contributed by atoms with van der Waals surface area (Å²) in [5.74, 6) is -2.08. The molecular weight excluding hydrogens is 282 g/mol. The van der Waals surface area contributed by atoms with Crippen molar-refractivity contribution in [3.63, 3.8) is 0 Å². The van der Waals surface area contributed by atoms with Crippen molar-refractivity contribution < 1.29 is 14.4 Å². The molecule has 1 heterocycles. The Morgan fingerprint density at radius 1 is 1.23 bits per heavy atom. The van der Waals surface area contributed by atoms with Crippen molar-refractivity contribution in [2.45, 2.75) is 32.4 Å². The zero-order chi connectivity index (χ0) is 15.7. The number of carbonyl (C=O) groups excluding carboxylic acids is 3. The van der Waals surface area contributed by atoms with Crippen LogP contribution < -0.4 is 5.32 Å². The molecule has 0 bridgehead atoms. The Kier molecular flexibility index (Phi) is 3.75. The lowest BCUT2D eigenvalue weighted by atomic mass is 9.99. The Balaban J connectivity index is 1.82. The van der Waals surface area contributed by atoms with E-state index >= 15 is 0 Å². The van der Waals surface area contributed by atoms with Crippen LogP contribution in [-0.4, -0.2) is 34.5 Å². The van der Waals surface area contributed by atoms with E-state index in [1.54, 1.807) is 6.92 Å². The van der Waals surface area contributed by atoms with E-state index in [1.165, 1.54) is 0 Å². The molecule has 6 nitrogen and oxygen atoms in total. The number of aliphatic imine (C=N–C) groups is 1. The number of hydrogen-bond acceptors (Lipinski definition) is 4. The number of barbiturate groups is 1. The second-order valence-electron chi connectivity index (χ2n) is 5.64. The highest BCUT2D eigenvalue weighted by Crippen LogP contribution is 2.25. The van der Waals surface area contributed by atoms with Crippen molar-refractivity contribution in [3.8, 4) is 0 Å². The number of carbonyl (C=O) groups is 3. The van der Waals surface area contributed by atoms with Crippen LogP contribution in [0.4, 0.5) is 4.79 Å². The fourth-order valence-corrected chi connectivity index (χ4v) is 2.46. The standard InChI is InChI=1S/C16H17N3O3/c1-10(17-12-7-8-12)13-14(20)18-16(22)19(15(13)21)9-11-5-3-2-4-6-11/h2-6,12-13H,7-9H2,1H3,(H,18,20,22). The predicted molar refractivity (Wildman–Crippen MR) is 80.2 cm³/mol. The fraction of sp³-hybridized carbons (Fsp3) is 0.375. The van der Waals surface area contributed by atoms with Crippen molar-refractivity contribution in [1.82, 2.24) is 10.2 Å². The van der Waals surface area contributed by atoms with Crippen LogP contribution in [0.1, 0.15) is 25.3 Å². The van der Waals surface area contributed by atoms with Gasteiger partial charge in [0.25, 0.3) is 0 Å². The van der Waals surface area contributed by atoms with Gasteiger partial charge in [0.1, 0.15) is 0 Å². The molecule has 1 aromatic carbocycles. The highest BCUT2D eigenvalue weighted by atomic mass is 16.2. The monoisotopic (exact) mass is 299 g/mol. The molecule has 1 unspecified atom stereocenters. The van der Waals surface area contributed by atoms with E-state index in [4.69, 9.17) is 0 Å². The van der Waals surface area contributed by atoms with Gasteiger partial charge >= 0.3 is 6.03 Å². The SMILES string of the molecule is CC(=NC1CC1)C1C(=O)NC(=O)N(Cc2ccccc2)C1=O. The molecule has 22 heavy (non-hydrogen) atoms. The summed E-state index contributed by atoms with van der Waals surface area (Å²) in [7, 11) is 0. The van der Waals surface area contributed by atoms with E-state index < -0.39 is 23.8 Å². The van der Waals surface area contributed by atoms with Gasteiger partial charge in [0.05, 0.1) is 12.6 Å². The Morgan fingerprint density at radius 2 is 1.91 bits per heavy atom. The topological polar surface area (TPSA) is 78.8 Å². The fourth-order valence-electron chi connectivity index (χ4n) is 2.46. The third-order valence-electron chi connectivity index (χ3n) is 3.78. The van der Waals surface area contributed by atoms with Crippen molar-refractivity contribution >= 4 is 23.6 Å². The molecule has 1 N–H and O–H groups in total. The Bertz CT molecular complexity index is 650. The highest BCUT2D eigenvalue weighted by molar-refractivity contribution is 6.27. The van der Waals surface area contributed by atoms with Crippen LogP contribution in [0.5, 0.6) is 0 Å². The number of nitrogens with one attached hydrogen (secondary N) is 1. The molecule has 1 atom stereocenters. The van der Waals surface area contributed by atoms with Crippen molar-refractivity contribution in [2.75, 3.05) is 0 Å². The molecule has 0 radical (unpaired) electrons. The molecule has 6 heteroatoms. The Labute approximate surface area is 128 Å². The van der Waals surface area contributed by atoms with Gasteiger partial charge in [0, 0.05) is 5.71 Å². The molecule has 1 aliphatic carbocycles. The van der Waals surface area contributed by atoms with E-state index in [9.17, 15) is 14.4 Å². The molecule has 1 saturated carbocycles. The average molecular weight is 299 g/mol. The summed E-state index contributed by atoms with van der Waals surface area (Å²) < 4.78 is 0. The van der Waals surface area contributed by atoms with Gasteiger partial charge in [-0.15, -0.1) is 0 Å². The van der Waals surface area contributed by atoms with E-state index in [1.807, 2.05) is 30.3 Å². The number of benzene rings is 1.